The van der Waals surface area contributed by atoms with Crippen molar-refractivity contribution in [1.82, 2.24) is 5.43 Å². The van der Waals surface area contributed by atoms with Crippen molar-refractivity contribution in [2.75, 3.05) is 0 Å². The molecule has 0 amide bonds. The van der Waals surface area contributed by atoms with Gasteiger partial charge in [0.2, 0.25) is 0 Å². The van der Waals surface area contributed by atoms with Crippen LogP contribution in [0, 0.1) is 6.92 Å². The second-order valence-electron chi connectivity index (χ2n) is 5.25. The normalized spacial score (nSPS) is 12.4. The van der Waals surface area contributed by atoms with E-state index < -0.39 is 0 Å². The van der Waals surface area contributed by atoms with Gasteiger partial charge in [-0.1, -0.05) is 42.0 Å². The predicted octanol–water partition coefficient (Wildman–Crippen LogP) is 3.33. The minimum Gasteiger partial charge on any atom is -0.491 e. The lowest BCUT2D eigenvalue weighted by molar-refractivity contribution is 0.242. The molecule has 2 aromatic carbocycles. The van der Waals surface area contributed by atoms with Gasteiger partial charge in [0.05, 0.1) is 12.1 Å². The van der Waals surface area contributed by atoms with Crippen molar-refractivity contribution in [1.29, 1.82) is 0 Å². The van der Waals surface area contributed by atoms with Gasteiger partial charge in [-0.25, -0.2) is 5.43 Å². The van der Waals surface area contributed by atoms with E-state index in [1.54, 1.807) is 0 Å². The smallest absolute Gasteiger partial charge is 0.120 e. The SMILES string of the molecule is Cc1cccc(C(NN)c2cccc(OC(C)C)c2)c1. The lowest BCUT2D eigenvalue weighted by Gasteiger charge is -2.19. The third-order valence-corrected chi connectivity index (χ3v) is 3.11. The summed E-state index contributed by atoms with van der Waals surface area (Å²) in [4.78, 5) is 0. The summed E-state index contributed by atoms with van der Waals surface area (Å²) in [5, 5.41) is 0. The van der Waals surface area contributed by atoms with Gasteiger partial charge in [0.15, 0.2) is 0 Å². The summed E-state index contributed by atoms with van der Waals surface area (Å²) in [6.45, 7) is 6.12. The first-order valence-corrected chi connectivity index (χ1v) is 6.89. The van der Waals surface area contributed by atoms with Gasteiger partial charge >= 0.3 is 0 Å². The minimum atomic E-state index is -0.0365. The average molecular weight is 270 g/mol. The third-order valence-electron chi connectivity index (χ3n) is 3.11. The van der Waals surface area contributed by atoms with Gasteiger partial charge in [0.1, 0.15) is 5.75 Å². The molecule has 2 aromatic rings. The first kappa shape index (κ1) is 14.6. The van der Waals surface area contributed by atoms with Gasteiger partial charge in [-0.15, -0.1) is 0 Å². The Balaban J connectivity index is 2.32. The van der Waals surface area contributed by atoms with Crippen molar-refractivity contribution in [3.63, 3.8) is 0 Å². The molecule has 3 nitrogen and oxygen atoms in total. The lowest BCUT2D eigenvalue weighted by atomic mass is 9.98. The van der Waals surface area contributed by atoms with Crippen LogP contribution in [0.25, 0.3) is 0 Å². The molecular formula is C17H22N2O. The van der Waals surface area contributed by atoms with Crippen molar-refractivity contribution in [3.8, 4) is 5.75 Å². The molecule has 2 rings (SSSR count). The predicted molar refractivity (Wildman–Crippen MR) is 82.6 cm³/mol. The lowest BCUT2D eigenvalue weighted by Crippen LogP contribution is -2.28. The molecule has 106 valence electrons. The average Bonchev–Trinajstić information content (AvgIpc) is 2.39. The Kier molecular flexibility index (Phi) is 4.77. The molecule has 0 fully saturated rings. The summed E-state index contributed by atoms with van der Waals surface area (Å²) in [5.41, 5.74) is 6.35. The highest BCUT2D eigenvalue weighted by molar-refractivity contribution is 5.37. The van der Waals surface area contributed by atoms with Crippen LogP contribution in [0.2, 0.25) is 0 Å². The standard InChI is InChI=1S/C17H22N2O/c1-12(2)20-16-9-5-8-15(11-16)17(19-18)14-7-4-6-13(3)10-14/h4-12,17,19H,18H2,1-3H3. The molecule has 3 heteroatoms. The molecule has 0 saturated carbocycles. The molecule has 0 saturated heterocycles. The van der Waals surface area contributed by atoms with Crippen LogP contribution in [0.3, 0.4) is 0 Å². The van der Waals surface area contributed by atoms with Gasteiger partial charge in [-0.2, -0.15) is 0 Å². The molecule has 0 spiro atoms. The first-order valence-electron chi connectivity index (χ1n) is 6.89. The molecule has 0 aliphatic rings. The number of nitrogens with two attached hydrogens (primary N) is 1. The van der Waals surface area contributed by atoms with E-state index in [0.717, 1.165) is 16.9 Å². The van der Waals surface area contributed by atoms with Gasteiger partial charge in [0, 0.05) is 0 Å². The maximum absolute atomic E-state index is 5.75. The van der Waals surface area contributed by atoms with Gasteiger partial charge < -0.3 is 4.74 Å². The quantitative estimate of drug-likeness (QED) is 0.647. The van der Waals surface area contributed by atoms with Crippen LogP contribution in [0.15, 0.2) is 48.5 Å². The maximum Gasteiger partial charge on any atom is 0.120 e. The van der Waals surface area contributed by atoms with Crippen LogP contribution in [0.4, 0.5) is 0 Å². The molecule has 0 aliphatic heterocycles. The van der Waals surface area contributed by atoms with Crippen LogP contribution in [0.1, 0.15) is 36.6 Å². The Morgan fingerprint density at radius 2 is 1.65 bits per heavy atom. The Hall–Kier alpha value is -1.84. The summed E-state index contributed by atoms with van der Waals surface area (Å²) >= 11 is 0. The summed E-state index contributed by atoms with van der Waals surface area (Å²) in [7, 11) is 0. The molecule has 0 aliphatic carbocycles. The zero-order valence-corrected chi connectivity index (χ0v) is 12.3. The zero-order chi connectivity index (χ0) is 14.5. The first-order chi connectivity index (χ1) is 9.60. The Labute approximate surface area is 120 Å². The highest BCUT2D eigenvalue weighted by Crippen LogP contribution is 2.25. The second-order valence-corrected chi connectivity index (χ2v) is 5.25. The molecular weight excluding hydrogens is 248 g/mol. The molecule has 20 heavy (non-hydrogen) atoms. The van der Waals surface area contributed by atoms with E-state index >= 15 is 0 Å². The summed E-state index contributed by atoms with van der Waals surface area (Å²) in [6.07, 6.45) is 0.161. The molecule has 0 heterocycles. The zero-order valence-electron chi connectivity index (χ0n) is 12.3. The van der Waals surface area contributed by atoms with E-state index in [1.807, 2.05) is 38.1 Å². The van der Waals surface area contributed by atoms with Crippen LogP contribution in [-0.4, -0.2) is 6.10 Å². The number of hydrogen-bond acceptors (Lipinski definition) is 3. The van der Waals surface area contributed by atoms with Crippen LogP contribution < -0.4 is 16.0 Å². The molecule has 0 aromatic heterocycles. The van der Waals surface area contributed by atoms with Crippen LogP contribution in [-0.2, 0) is 0 Å². The monoisotopic (exact) mass is 270 g/mol. The van der Waals surface area contributed by atoms with E-state index in [0.29, 0.717) is 0 Å². The second kappa shape index (κ2) is 6.55. The highest BCUT2D eigenvalue weighted by Gasteiger charge is 2.13. The van der Waals surface area contributed by atoms with E-state index in [9.17, 15) is 0 Å². The number of aryl methyl sites for hydroxylation is 1. The fraction of sp³-hybridized carbons (Fsp3) is 0.294. The number of benzene rings is 2. The van der Waals surface area contributed by atoms with Crippen molar-refractivity contribution in [3.05, 3.63) is 65.2 Å². The van der Waals surface area contributed by atoms with Crippen molar-refractivity contribution >= 4 is 0 Å². The van der Waals surface area contributed by atoms with Crippen LogP contribution >= 0.6 is 0 Å². The van der Waals surface area contributed by atoms with E-state index in [1.165, 1.54) is 5.56 Å². The molecule has 0 bridgehead atoms. The minimum absolute atomic E-state index is 0.0365. The Bertz CT molecular complexity index is 566. The van der Waals surface area contributed by atoms with Crippen molar-refractivity contribution in [2.24, 2.45) is 5.84 Å². The molecule has 3 N–H and O–H groups in total. The number of rotatable bonds is 5. The summed E-state index contributed by atoms with van der Waals surface area (Å²) < 4.78 is 5.74. The van der Waals surface area contributed by atoms with E-state index in [4.69, 9.17) is 10.6 Å². The Morgan fingerprint density at radius 3 is 2.25 bits per heavy atom. The van der Waals surface area contributed by atoms with Gasteiger partial charge in [-0.3, -0.25) is 5.84 Å². The largest absolute Gasteiger partial charge is 0.491 e. The van der Waals surface area contributed by atoms with Gasteiger partial charge in [0.25, 0.3) is 0 Å². The van der Waals surface area contributed by atoms with Crippen LogP contribution in [0.5, 0.6) is 5.75 Å². The maximum atomic E-state index is 5.75. The third kappa shape index (κ3) is 3.59. The molecule has 0 radical (unpaired) electrons. The molecule has 1 unspecified atom stereocenters. The summed E-state index contributed by atoms with van der Waals surface area (Å²) in [6, 6.07) is 16.4. The molecule has 1 atom stereocenters. The number of hydrogen-bond donors (Lipinski definition) is 2. The fourth-order valence-corrected chi connectivity index (χ4v) is 2.27. The number of nitrogens with one attached hydrogen (secondary N) is 1. The van der Waals surface area contributed by atoms with Crippen molar-refractivity contribution in [2.45, 2.75) is 32.9 Å². The number of ether oxygens (including phenoxy) is 1. The van der Waals surface area contributed by atoms with E-state index in [2.05, 4.69) is 36.6 Å². The van der Waals surface area contributed by atoms with E-state index in [-0.39, 0.29) is 12.1 Å². The highest BCUT2D eigenvalue weighted by atomic mass is 16.5. The topological polar surface area (TPSA) is 47.3 Å². The summed E-state index contributed by atoms with van der Waals surface area (Å²) in [5.74, 6) is 6.61. The fourth-order valence-electron chi connectivity index (χ4n) is 2.27. The number of hydrazine groups is 1. The van der Waals surface area contributed by atoms with Gasteiger partial charge in [-0.05, 0) is 44.0 Å². The Morgan fingerprint density at radius 1 is 1.00 bits per heavy atom. The van der Waals surface area contributed by atoms with Crippen molar-refractivity contribution < 1.29 is 4.74 Å².